The molecule has 1 aliphatic rings. The van der Waals surface area contributed by atoms with Gasteiger partial charge in [-0.25, -0.2) is 13.1 Å². The molecule has 2 rings (SSSR count). The Kier molecular flexibility index (Phi) is 3.58. The average molecular weight is 275 g/mol. The first kappa shape index (κ1) is 13.0. The molecule has 0 spiro atoms. The van der Waals surface area contributed by atoms with Crippen LogP contribution in [0.2, 0.25) is 0 Å². The maximum absolute atomic E-state index is 12.0. The molecular formula is C11H17NO3S2. The zero-order valence-corrected chi connectivity index (χ0v) is 11.4. The number of rotatable bonds is 6. The van der Waals surface area contributed by atoms with Crippen molar-refractivity contribution in [1.29, 1.82) is 0 Å². The van der Waals surface area contributed by atoms with E-state index in [1.807, 2.05) is 13.0 Å². The molecule has 0 amide bonds. The monoisotopic (exact) mass is 275 g/mol. The van der Waals surface area contributed by atoms with Crippen molar-refractivity contribution in [2.24, 2.45) is 5.41 Å². The van der Waals surface area contributed by atoms with Crippen molar-refractivity contribution in [3.8, 4) is 0 Å². The van der Waals surface area contributed by atoms with Crippen molar-refractivity contribution in [3.05, 3.63) is 17.0 Å². The van der Waals surface area contributed by atoms with Crippen LogP contribution in [0, 0.1) is 5.41 Å². The van der Waals surface area contributed by atoms with Crippen molar-refractivity contribution in [3.63, 3.8) is 0 Å². The topological polar surface area (TPSA) is 66.4 Å². The number of hydrogen-bond acceptors (Lipinski definition) is 4. The van der Waals surface area contributed by atoms with Crippen LogP contribution in [0.15, 0.2) is 16.3 Å². The Morgan fingerprint density at radius 2 is 2.18 bits per heavy atom. The minimum absolute atomic E-state index is 0.0557. The van der Waals surface area contributed by atoms with Gasteiger partial charge in [-0.05, 0) is 31.4 Å². The van der Waals surface area contributed by atoms with E-state index >= 15 is 0 Å². The zero-order valence-electron chi connectivity index (χ0n) is 9.77. The smallest absolute Gasteiger partial charge is 0.250 e. The number of aliphatic hydroxyl groups excluding tert-OH is 1. The molecule has 1 aliphatic carbocycles. The second-order valence-corrected chi connectivity index (χ2v) is 7.72. The van der Waals surface area contributed by atoms with Crippen LogP contribution in [0.3, 0.4) is 0 Å². The molecule has 17 heavy (non-hydrogen) atoms. The van der Waals surface area contributed by atoms with Crippen LogP contribution >= 0.6 is 11.3 Å². The number of sulfonamides is 1. The SMILES string of the molecule is CCc1ccc(S(=O)(=O)NCC2(CO)CC2)s1. The molecule has 0 aliphatic heterocycles. The fourth-order valence-electron chi connectivity index (χ4n) is 1.58. The molecule has 0 saturated heterocycles. The van der Waals surface area contributed by atoms with Crippen molar-refractivity contribution in [2.45, 2.75) is 30.4 Å². The van der Waals surface area contributed by atoms with Gasteiger partial charge in [0.15, 0.2) is 0 Å². The summed E-state index contributed by atoms with van der Waals surface area (Å²) in [7, 11) is -3.40. The highest BCUT2D eigenvalue weighted by atomic mass is 32.2. The first-order valence-corrected chi connectivity index (χ1v) is 8.00. The van der Waals surface area contributed by atoms with Gasteiger partial charge >= 0.3 is 0 Å². The summed E-state index contributed by atoms with van der Waals surface area (Å²) in [5.41, 5.74) is -0.197. The Hall–Kier alpha value is -0.430. The largest absolute Gasteiger partial charge is 0.396 e. The highest BCUT2D eigenvalue weighted by Gasteiger charge is 2.42. The molecule has 0 bridgehead atoms. The van der Waals surface area contributed by atoms with E-state index in [0.29, 0.717) is 10.8 Å². The summed E-state index contributed by atoms with van der Waals surface area (Å²) in [5.74, 6) is 0. The van der Waals surface area contributed by atoms with Crippen molar-refractivity contribution < 1.29 is 13.5 Å². The molecule has 0 aromatic carbocycles. The minimum atomic E-state index is -3.40. The van der Waals surface area contributed by atoms with E-state index in [2.05, 4.69) is 4.72 Å². The van der Waals surface area contributed by atoms with Crippen LogP contribution in [-0.2, 0) is 16.4 Å². The standard InChI is InChI=1S/C11H17NO3S2/c1-2-9-3-4-10(16-9)17(14,15)12-7-11(8-13)5-6-11/h3-4,12-13H,2,5-8H2,1H3. The van der Waals surface area contributed by atoms with Crippen LogP contribution < -0.4 is 4.72 Å². The highest BCUT2D eigenvalue weighted by molar-refractivity contribution is 7.91. The van der Waals surface area contributed by atoms with Crippen molar-refractivity contribution >= 4 is 21.4 Å². The molecule has 6 heteroatoms. The van der Waals surface area contributed by atoms with Gasteiger partial charge in [0.25, 0.3) is 0 Å². The Balaban J connectivity index is 2.03. The van der Waals surface area contributed by atoms with Gasteiger partial charge < -0.3 is 5.11 Å². The van der Waals surface area contributed by atoms with Gasteiger partial charge in [0, 0.05) is 23.4 Å². The van der Waals surface area contributed by atoms with Crippen LogP contribution in [-0.4, -0.2) is 26.7 Å². The van der Waals surface area contributed by atoms with E-state index in [9.17, 15) is 8.42 Å². The predicted octanol–water partition coefficient (Wildman–Crippen LogP) is 1.36. The maximum atomic E-state index is 12.0. The van der Waals surface area contributed by atoms with Gasteiger partial charge in [-0.3, -0.25) is 0 Å². The summed E-state index contributed by atoms with van der Waals surface area (Å²) < 4.78 is 26.9. The third-order valence-corrected chi connectivity index (χ3v) is 6.30. The molecule has 4 nitrogen and oxygen atoms in total. The second-order valence-electron chi connectivity index (χ2n) is 4.56. The molecule has 2 N–H and O–H groups in total. The zero-order chi connectivity index (χ0) is 12.5. The predicted molar refractivity (Wildman–Crippen MR) is 67.6 cm³/mol. The second kappa shape index (κ2) is 4.68. The quantitative estimate of drug-likeness (QED) is 0.824. The normalized spacial score (nSPS) is 18.2. The third-order valence-electron chi connectivity index (χ3n) is 3.18. The van der Waals surface area contributed by atoms with E-state index in [0.717, 1.165) is 24.1 Å². The molecular weight excluding hydrogens is 258 g/mol. The van der Waals surface area contributed by atoms with E-state index in [1.54, 1.807) is 6.07 Å². The molecule has 1 saturated carbocycles. The molecule has 1 aromatic rings. The van der Waals surface area contributed by atoms with Crippen LogP contribution in [0.5, 0.6) is 0 Å². The number of thiophene rings is 1. The molecule has 1 aromatic heterocycles. The van der Waals surface area contributed by atoms with E-state index in [1.165, 1.54) is 11.3 Å². The van der Waals surface area contributed by atoms with Gasteiger partial charge in [-0.1, -0.05) is 6.92 Å². The number of nitrogens with one attached hydrogen (secondary N) is 1. The molecule has 0 unspecified atom stereocenters. The van der Waals surface area contributed by atoms with Gasteiger partial charge in [0.05, 0.1) is 0 Å². The Morgan fingerprint density at radius 1 is 1.47 bits per heavy atom. The van der Waals surface area contributed by atoms with Crippen LogP contribution in [0.4, 0.5) is 0 Å². The van der Waals surface area contributed by atoms with Crippen LogP contribution in [0.1, 0.15) is 24.6 Å². The summed E-state index contributed by atoms with van der Waals surface area (Å²) in [6.45, 7) is 2.39. The minimum Gasteiger partial charge on any atom is -0.396 e. The Bertz CT molecular complexity index is 489. The van der Waals surface area contributed by atoms with Gasteiger partial charge in [-0.2, -0.15) is 0 Å². The van der Waals surface area contributed by atoms with Gasteiger partial charge in [-0.15, -0.1) is 11.3 Å². The van der Waals surface area contributed by atoms with Gasteiger partial charge in [0.1, 0.15) is 4.21 Å². The number of hydrogen-bond donors (Lipinski definition) is 2. The van der Waals surface area contributed by atoms with E-state index < -0.39 is 10.0 Å². The van der Waals surface area contributed by atoms with Crippen molar-refractivity contribution in [2.75, 3.05) is 13.2 Å². The van der Waals surface area contributed by atoms with E-state index in [-0.39, 0.29) is 12.0 Å². The van der Waals surface area contributed by atoms with E-state index in [4.69, 9.17) is 5.11 Å². The lowest BCUT2D eigenvalue weighted by atomic mass is 10.1. The fraction of sp³-hybridized carbons (Fsp3) is 0.636. The Morgan fingerprint density at radius 3 is 2.65 bits per heavy atom. The van der Waals surface area contributed by atoms with Gasteiger partial charge in [0.2, 0.25) is 10.0 Å². The molecule has 96 valence electrons. The molecule has 1 heterocycles. The number of aryl methyl sites for hydroxylation is 1. The summed E-state index contributed by atoms with van der Waals surface area (Å²) in [6.07, 6.45) is 2.65. The summed E-state index contributed by atoms with van der Waals surface area (Å²) in [6, 6.07) is 3.49. The first-order valence-electron chi connectivity index (χ1n) is 5.71. The summed E-state index contributed by atoms with van der Waals surface area (Å²) >= 11 is 1.31. The lowest BCUT2D eigenvalue weighted by molar-refractivity contribution is 0.213. The van der Waals surface area contributed by atoms with Crippen molar-refractivity contribution in [1.82, 2.24) is 4.72 Å². The van der Waals surface area contributed by atoms with Crippen LogP contribution in [0.25, 0.3) is 0 Å². The molecule has 0 atom stereocenters. The lowest BCUT2D eigenvalue weighted by Gasteiger charge is -2.12. The maximum Gasteiger partial charge on any atom is 0.250 e. The molecule has 1 fully saturated rings. The summed E-state index contributed by atoms with van der Waals surface area (Å²) in [5, 5.41) is 9.13. The number of aliphatic hydroxyl groups is 1. The Labute approximate surface area is 106 Å². The third kappa shape index (κ3) is 2.88. The lowest BCUT2D eigenvalue weighted by Crippen LogP contribution is -2.31. The molecule has 0 radical (unpaired) electrons. The fourth-order valence-corrected chi connectivity index (χ4v) is 4.08. The average Bonchev–Trinajstić information content (AvgIpc) is 2.94. The first-order chi connectivity index (χ1) is 8.01. The summed E-state index contributed by atoms with van der Waals surface area (Å²) in [4.78, 5) is 1.06. The highest BCUT2D eigenvalue weighted by Crippen LogP contribution is 2.44.